The maximum Gasteiger partial charge on any atom is 0.131 e. The van der Waals surface area contributed by atoms with Gasteiger partial charge in [0.1, 0.15) is 16.2 Å². The molecule has 0 spiro atoms. The molecule has 0 radical (unpaired) electrons. The molecular weight excluding hydrogens is 266 g/mol. The van der Waals surface area contributed by atoms with Gasteiger partial charge in [-0.15, -0.1) is 0 Å². The molecule has 1 aromatic heterocycles. The highest BCUT2D eigenvalue weighted by atomic mass is 79.9. The summed E-state index contributed by atoms with van der Waals surface area (Å²) >= 11 is 3.40. The molecule has 1 fully saturated rings. The van der Waals surface area contributed by atoms with E-state index in [1.807, 2.05) is 13.0 Å². The van der Waals surface area contributed by atoms with Crippen molar-refractivity contribution in [2.75, 3.05) is 5.32 Å². The van der Waals surface area contributed by atoms with Crippen molar-refractivity contribution in [2.24, 2.45) is 5.92 Å². The number of aryl methyl sites for hydroxylation is 1. The van der Waals surface area contributed by atoms with Gasteiger partial charge < -0.3 is 5.32 Å². The van der Waals surface area contributed by atoms with Crippen LogP contribution in [0.3, 0.4) is 0 Å². The molecule has 1 N–H and O–H groups in total. The number of nitrogens with one attached hydrogen (secondary N) is 1. The molecule has 1 aliphatic rings. The minimum Gasteiger partial charge on any atom is -0.367 e. The van der Waals surface area contributed by atoms with Gasteiger partial charge >= 0.3 is 0 Å². The molecule has 0 saturated heterocycles. The number of hydrogen-bond acceptors (Lipinski definition) is 3. The predicted octanol–water partition coefficient (Wildman–Crippen LogP) is 3.54. The van der Waals surface area contributed by atoms with Crippen LogP contribution in [-0.4, -0.2) is 16.0 Å². The number of halogens is 1. The molecule has 2 rings (SSSR count). The Morgan fingerprint density at radius 1 is 1.25 bits per heavy atom. The molecule has 3 nitrogen and oxygen atoms in total. The van der Waals surface area contributed by atoms with Gasteiger partial charge in [0, 0.05) is 12.1 Å². The third-order valence-electron chi connectivity index (χ3n) is 3.17. The zero-order valence-corrected chi connectivity index (χ0v) is 11.4. The lowest BCUT2D eigenvalue weighted by atomic mass is 9.87. The summed E-state index contributed by atoms with van der Waals surface area (Å²) in [6, 6.07) is 2.53. The fraction of sp³-hybridized carbons (Fsp3) is 0.667. The first kappa shape index (κ1) is 11.8. The summed E-state index contributed by atoms with van der Waals surface area (Å²) in [6.45, 7) is 4.25. The van der Waals surface area contributed by atoms with Crippen LogP contribution in [0.1, 0.15) is 38.4 Å². The molecule has 0 bridgehead atoms. The Morgan fingerprint density at radius 3 is 2.56 bits per heavy atom. The van der Waals surface area contributed by atoms with Crippen molar-refractivity contribution in [2.45, 2.75) is 45.6 Å². The van der Waals surface area contributed by atoms with Crippen molar-refractivity contribution in [3.63, 3.8) is 0 Å². The zero-order valence-electron chi connectivity index (χ0n) is 9.83. The summed E-state index contributed by atoms with van der Waals surface area (Å²) in [4.78, 5) is 8.60. The van der Waals surface area contributed by atoms with E-state index < -0.39 is 0 Å². The molecule has 0 aromatic carbocycles. The molecule has 0 atom stereocenters. The lowest BCUT2D eigenvalue weighted by Crippen LogP contribution is -2.25. The van der Waals surface area contributed by atoms with Gasteiger partial charge in [0.25, 0.3) is 0 Å². The number of nitrogens with zero attached hydrogens (tertiary/aromatic N) is 2. The average Bonchev–Trinajstić information content (AvgIpc) is 2.20. The van der Waals surface area contributed by atoms with Gasteiger partial charge in [-0.1, -0.05) is 6.92 Å². The monoisotopic (exact) mass is 283 g/mol. The Balaban J connectivity index is 1.98. The smallest absolute Gasteiger partial charge is 0.131 e. The standard InChI is InChI=1S/C12H18BrN3/c1-8-3-5-10(6-4-8)16-12-7-11(13)14-9(2)15-12/h7-8,10H,3-6H2,1-2H3,(H,14,15,16). The van der Waals surface area contributed by atoms with Crippen molar-refractivity contribution in [1.29, 1.82) is 0 Å². The van der Waals surface area contributed by atoms with Gasteiger partial charge in [-0.25, -0.2) is 9.97 Å². The van der Waals surface area contributed by atoms with Gasteiger partial charge in [0.15, 0.2) is 0 Å². The fourth-order valence-electron chi connectivity index (χ4n) is 2.22. The highest BCUT2D eigenvalue weighted by Gasteiger charge is 2.18. The van der Waals surface area contributed by atoms with E-state index in [4.69, 9.17) is 0 Å². The SMILES string of the molecule is Cc1nc(Br)cc(NC2CCC(C)CC2)n1. The maximum absolute atomic E-state index is 4.39. The van der Waals surface area contributed by atoms with Crippen LogP contribution in [0.5, 0.6) is 0 Å². The van der Waals surface area contributed by atoms with Crippen LogP contribution in [0, 0.1) is 12.8 Å². The fourth-order valence-corrected chi connectivity index (χ4v) is 2.69. The number of aromatic nitrogens is 2. The summed E-state index contributed by atoms with van der Waals surface area (Å²) < 4.78 is 0.853. The second-order valence-electron chi connectivity index (χ2n) is 4.72. The number of rotatable bonds is 2. The van der Waals surface area contributed by atoms with Crippen molar-refractivity contribution < 1.29 is 0 Å². The summed E-state index contributed by atoms with van der Waals surface area (Å²) in [5.74, 6) is 2.64. The van der Waals surface area contributed by atoms with E-state index >= 15 is 0 Å². The zero-order chi connectivity index (χ0) is 11.5. The molecule has 0 amide bonds. The van der Waals surface area contributed by atoms with Gasteiger partial charge in [0.05, 0.1) is 0 Å². The van der Waals surface area contributed by atoms with E-state index in [1.165, 1.54) is 25.7 Å². The van der Waals surface area contributed by atoms with Crippen molar-refractivity contribution in [1.82, 2.24) is 9.97 Å². The summed E-state index contributed by atoms with van der Waals surface area (Å²) in [5.41, 5.74) is 0. The quantitative estimate of drug-likeness (QED) is 0.844. The molecule has 1 heterocycles. The van der Waals surface area contributed by atoms with Gasteiger partial charge in [-0.3, -0.25) is 0 Å². The Labute approximate surface area is 105 Å². The van der Waals surface area contributed by atoms with Crippen molar-refractivity contribution in [3.8, 4) is 0 Å². The minimum atomic E-state index is 0.581. The lowest BCUT2D eigenvalue weighted by molar-refractivity contribution is 0.360. The van der Waals surface area contributed by atoms with E-state index in [9.17, 15) is 0 Å². The van der Waals surface area contributed by atoms with Gasteiger partial charge in [-0.05, 0) is 54.5 Å². The average molecular weight is 284 g/mol. The highest BCUT2D eigenvalue weighted by Crippen LogP contribution is 2.26. The summed E-state index contributed by atoms with van der Waals surface area (Å²) in [5, 5.41) is 3.50. The molecule has 88 valence electrons. The van der Waals surface area contributed by atoms with E-state index in [1.54, 1.807) is 0 Å². The van der Waals surface area contributed by atoms with Crippen LogP contribution in [0.15, 0.2) is 10.7 Å². The van der Waals surface area contributed by atoms with Crippen LogP contribution >= 0.6 is 15.9 Å². The highest BCUT2D eigenvalue weighted by molar-refractivity contribution is 9.10. The van der Waals surface area contributed by atoms with Crippen LogP contribution in [0.25, 0.3) is 0 Å². The van der Waals surface area contributed by atoms with E-state index in [2.05, 4.69) is 38.1 Å². The summed E-state index contributed by atoms with van der Waals surface area (Å²) in [6.07, 6.45) is 5.15. The van der Waals surface area contributed by atoms with Crippen LogP contribution in [0.2, 0.25) is 0 Å². The second kappa shape index (κ2) is 5.13. The third-order valence-corrected chi connectivity index (χ3v) is 3.58. The molecular formula is C12H18BrN3. The molecule has 1 aliphatic carbocycles. The molecule has 16 heavy (non-hydrogen) atoms. The normalized spacial score (nSPS) is 25.4. The van der Waals surface area contributed by atoms with E-state index in [0.29, 0.717) is 6.04 Å². The Morgan fingerprint density at radius 2 is 1.94 bits per heavy atom. The predicted molar refractivity (Wildman–Crippen MR) is 69.5 cm³/mol. The Hall–Kier alpha value is -0.640. The van der Waals surface area contributed by atoms with Gasteiger partial charge in [-0.2, -0.15) is 0 Å². The van der Waals surface area contributed by atoms with E-state index in [-0.39, 0.29) is 0 Å². The lowest BCUT2D eigenvalue weighted by Gasteiger charge is -2.27. The van der Waals surface area contributed by atoms with Crippen LogP contribution in [0.4, 0.5) is 5.82 Å². The largest absolute Gasteiger partial charge is 0.367 e. The van der Waals surface area contributed by atoms with E-state index in [0.717, 1.165) is 22.2 Å². The Kier molecular flexibility index (Phi) is 3.79. The van der Waals surface area contributed by atoms with Gasteiger partial charge in [0.2, 0.25) is 0 Å². The van der Waals surface area contributed by atoms with Crippen molar-refractivity contribution in [3.05, 3.63) is 16.5 Å². The maximum atomic E-state index is 4.39. The molecule has 0 unspecified atom stereocenters. The second-order valence-corrected chi connectivity index (χ2v) is 5.54. The topological polar surface area (TPSA) is 37.8 Å². The third kappa shape index (κ3) is 3.17. The van der Waals surface area contributed by atoms with Crippen LogP contribution in [-0.2, 0) is 0 Å². The molecule has 4 heteroatoms. The first-order valence-electron chi connectivity index (χ1n) is 5.91. The minimum absolute atomic E-state index is 0.581. The molecule has 1 saturated carbocycles. The Bertz CT molecular complexity index is 339. The number of hydrogen-bond donors (Lipinski definition) is 1. The first-order valence-corrected chi connectivity index (χ1v) is 6.70. The summed E-state index contributed by atoms with van der Waals surface area (Å²) in [7, 11) is 0. The molecule has 0 aliphatic heterocycles. The molecule has 1 aromatic rings. The first-order chi connectivity index (χ1) is 7.63. The van der Waals surface area contributed by atoms with Crippen molar-refractivity contribution >= 4 is 21.7 Å². The van der Waals surface area contributed by atoms with Crippen LogP contribution < -0.4 is 5.32 Å². The number of anilines is 1.